The van der Waals surface area contributed by atoms with E-state index in [4.69, 9.17) is 21.1 Å². The van der Waals surface area contributed by atoms with Gasteiger partial charge < -0.3 is 20.1 Å². The highest BCUT2D eigenvalue weighted by Crippen LogP contribution is 2.40. The van der Waals surface area contributed by atoms with Gasteiger partial charge in [0.05, 0.1) is 18.8 Å². The first-order valence-corrected chi connectivity index (χ1v) is 9.16. The molecule has 0 spiro atoms. The van der Waals surface area contributed by atoms with Crippen LogP contribution < -0.4 is 15.4 Å². The molecule has 11 heteroatoms. The summed E-state index contributed by atoms with van der Waals surface area (Å²) >= 11 is 6.08. The molecular weight excluding hydrogens is 382 g/mol. The number of fused-ring (bicyclic) bond motifs is 3. The maximum absolute atomic E-state index is 14.0. The Morgan fingerprint density at radius 3 is 2.85 bits per heavy atom. The van der Waals surface area contributed by atoms with Crippen molar-refractivity contribution in [1.29, 1.82) is 0 Å². The van der Waals surface area contributed by atoms with Gasteiger partial charge in [-0.2, -0.15) is 4.98 Å². The fourth-order valence-electron chi connectivity index (χ4n) is 3.17. The number of halogens is 3. The first-order chi connectivity index (χ1) is 13.1. The van der Waals surface area contributed by atoms with Crippen LogP contribution in [0.3, 0.4) is 0 Å². The summed E-state index contributed by atoms with van der Waals surface area (Å²) in [7, 11) is 0. The summed E-state index contributed by atoms with van der Waals surface area (Å²) in [5.41, 5.74) is -0.143. The molecule has 0 aromatic carbocycles. The van der Waals surface area contributed by atoms with Crippen molar-refractivity contribution in [3.8, 4) is 5.88 Å². The van der Waals surface area contributed by atoms with Crippen LogP contribution in [0.25, 0.3) is 0 Å². The summed E-state index contributed by atoms with van der Waals surface area (Å²) in [5, 5.41) is 10.6. The third-order valence-electron chi connectivity index (χ3n) is 4.49. The number of rotatable bonds is 2. The topological polar surface area (TPSA) is 86.1 Å². The summed E-state index contributed by atoms with van der Waals surface area (Å²) in [4.78, 5) is 8.36. The van der Waals surface area contributed by atoms with Gasteiger partial charge in [0.25, 0.3) is 12.3 Å². The summed E-state index contributed by atoms with van der Waals surface area (Å²) in [6.07, 6.45) is 0.541. The average molecular weight is 401 g/mol. The predicted octanol–water partition coefficient (Wildman–Crippen LogP) is 3.55. The van der Waals surface area contributed by atoms with Crippen LogP contribution in [0.15, 0.2) is 6.20 Å². The maximum atomic E-state index is 14.0. The second-order valence-corrected chi connectivity index (χ2v) is 6.71. The standard InChI is InChI=1S/C16H19ClF2N6O2/c17-10-8-21-16-22-11-12(13(18)19)25(9-2-6-26-7-3-9)24-15(11)27-5-1-4-20-14(10)23-16/h8-9,13H,1-7H2,(H2,20,21,22,23). The van der Waals surface area contributed by atoms with Gasteiger partial charge in [0.15, 0.2) is 5.82 Å². The number of aromatic nitrogens is 4. The minimum atomic E-state index is -2.74. The third kappa shape index (κ3) is 3.77. The zero-order valence-corrected chi connectivity index (χ0v) is 15.2. The molecule has 0 aliphatic carbocycles. The van der Waals surface area contributed by atoms with E-state index in [1.165, 1.54) is 10.9 Å². The van der Waals surface area contributed by atoms with Gasteiger partial charge >= 0.3 is 0 Å². The van der Waals surface area contributed by atoms with Crippen molar-refractivity contribution in [1.82, 2.24) is 19.7 Å². The Kier molecular flexibility index (Phi) is 5.26. The quantitative estimate of drug-likeness (QED) is 0.797. The van der Waals surface area contributed by atoms with Crippen LogP contribution in [0.1, 0.15) is 37.4 Å². The van der Waals surface area contributed by atoms with Crippen molar-refractivity contribution < 1.29 is 18.3 Å². The fraction of sp³-hybridized carbons (Fsp3) is 0.562. The second-order valence-electron chi connectivity index (χ2n) is 6.30. The smallest absolute Gasteiger partial charge is 0.282 e. The Hall–Kier alpha value is -2.20. The van der Waals surface area contributed by atoms with Gasteiger partial charge in [-0.25, -0.2) is 13.8 Å². The number of hydrogen-bond donors (Lipinski definition) is 2. The molecule has 0 atom stereocenters. The van der Waals surface area contributed by atoms with Crippen molar-refractivity contribution in [3.05, 3.63) is 16.9 Å². The van der Waals surface area contributed by atoms with Crippen LogP contribution >= 0.6 is 11.6 Å². The Labute approximate surface area is 159 Å². The number of nitrogens with zero attached hydrogens (tertiary/aromatic N) is 4. The molecule has 4 rings (SSSR count). The minimum absolute atomic E-state index is 0.0895. The Morgan fingerprint density at radius 1 is 1.26 bits per heavy atom. The van der Waals surface area contributed by atoms with E-state index in [0.29, 0.717) is 56.5 Å². The van der Waals surface area contributed by atoms with E-state index in [-0.39, 0.29) is 29.3 Å². The van der Waals surface area contributed by atoms with Gasteiger partial charge in [-0.1, -0.05) is 11.6 Å². The number of nitrogens with one attached hydrogen (secondary N) is 2. The largest absolute Gasteiger partial charge is 0.475 e. The van der Waals surface area contributed by atoms with Crippen molar-refractivity contribution in [2.45, 2.75) is 31.7 Å². The van der Waals surface area contributed by atoms with E-state index >= 15 is 0 Å². The molecule has 2 N–H and O–H groups in total. The first-order valence-electron chi connectivity index (χ1n) is 8.78. The molecule has 0 radical (unpaired) electrons. The van der Waals surface area contributed by atoms with Crippen molar-refractivity contribution in [2.75, 3.05) is 37.0 Å². The number of anilines is 3. The maximum Gasteiger partial charge on any atom is 0.282 e. The monoisotopic (exact) mass is 400 g/mol. The molecule has 2 aliphatic heterocycles. The van der Waals surface area contributed by atoms with Crippen LogP contribution in [-0.4, -0.2) is 46.1 Å². The molecule has 0 saturated carbocycles. The molecule has 2 aromatic heterocycles. The molecule has 2 aliphatic rings. The van der Waals surface area contributed by atoms with Crippen LogP contribution in [0, 0.1) is 0 Å². The molecule has 1 saturated heterocycles. The van der Waals surface area contributed by atoms with Crippen LogP contribution in [0.5, 0.6) is 5.88 Å². The highest BCUT2D eigenvalue weighted by Gasteiger charge is 2.31. The number of ether oxygens (including phenoxy) is 2. The predicted molar refractivity (Wildman–Crippen MR) is 95.2 cm³/mol. The summed E-state index contributed by atoms with van der Waals surface area (Å²) < 4.78 is 40.4. The second kappa shape index (κ2) is 7.81. The Morgan fingerprint density at radius 2 is 2.07 bits per heavy atom. The van der Waals surface area contributed by atoms with E-state index in [1.54, 1.807) is 0 Å². The van der Waals surface area contributed by atoms with Gasteiger partial charge in [0.1, 0.15) is 16.4 Å². The molecular formula is C16H19ClF2N6O2. The normalized spacial score (nSPS) is 18.1. The van der Waals surface area contributed by atoms with E-state index < -0.39 is 6.43 Å². The molecule has 4 heterocycles. The fourth-order valence-corrected chi connectivity index (χ4v) is 3.33. The lowest BCUT2D eigenvalue weighted by atomic mass is 10.1. The van der Waals surface area contributed by atoms with Crippen LogP contribution in [-0.2, 0) is 4.74 Å². The van der Waals surface area contributed by atoms with Gasteiger partial charge in [0, 0.05) is 19.8 Å². The zero-order valence-electron chi connectivity index (χ0n) is 14.4. The molecule has 2 aromatic rings. The molecule has 2 bridgehead atoms. The molecule has 146 valence electrons. The first kappa shape index (κ1) is 18.2. The zero-order chi connectivity index (χ0) is 18.8. The van der Waals surface area contributed by atoms with Gasteiger partial charge in [-0.05, 0) is 19.3 Å². The molecule has 1 fully saturated rings. The highest BCUT2D eigenvalue weighted by atomic mass is 35.5. The molecule has 0 amide bonds. The van der Waals surface area contributed by atoms with Crippen LogP contribution in [0.2, 0.25) is 5.02 Å². The van der Waals surface area contributed by atoms with E-state index in [2.05, 4.69) is 25.7 Å². The van der Waals surface area contributed by atoms with Gasteiger partial charge in [0.2, 0.25) is 5.95 Å². The van der Waals surface area contributed by atoms with Gasteiger partial charge in [-0.3, -0.25) is 4.68 Å². The molecule has 0 unspecified atom stereocenters. The Balaban J connectivity index is 1.78. The summed E-state index contributed by atoms with van der Waals surface area (Å²) in [6, 6.07) is -0.170. The lowest BCUT2D eigenvalue weighted by Gasteiger charge is -2.24. The lowest BCUT2D eigenvalue weighted by molar-refractivity contribution is 0.0592. The lowest BCUT2D eigenvalue weighted by Crippen LogP contribution is -2.22. The summed E-state index contributed by atoms with van der Waals surface area (Å²) in [6.45, 7) is 1.91. The number of hydrogen-bond acceptors (Lipinski definition) is 7. The van der Waals surface area contributed by atoms with E-state index in [1.807, 2.05) is 0 Å². The van der Waals surface area contributed by atoms with Crippen molar-refractivity contribution >= 4 is 29.1 Å². The third-order valence-corrected chi connectivity index (χ3v) is 4.77. The average Bonchev–Trinajstić information content (AvgIpc) is 3.01. The van der Waals surface area contributed by atoms with E-state index in [9.17, 15) is 8.78 Å². The van der Waals surface area contributed by atoms with E-state index in [0.717, 1.165) is 0 Å². The number of alkyl halides is 2. The molecule has 27 heavy (non-hydrogen) atoms. The van der Waals surface area contributed by atoms with Crippen molar-refractivity contribution in [2.24, 2.45) is 0 Å². The SMILES string of the molecule is FC(F)c1c2c(nn1C1CCOCC1)OCCCNc1nc(ncc1Cl)N2. The molecule has 8 nitrogen and oxygen atoms in total. The van der Waals surface area contributed by atoms with Crippen LogP contribution in [0.4, 0.5) is 26.2 Å². The van der Waals surface area contributed by atoms with Crippen molar-refractivity contribution in [3.63, 3.8) is 0 Å². The Bertz CT molecular complexity index is 812. The minimum Gasteiger partial charge on any atom is -0.475 e. The summed E-state index contributed by atoms with van der Waals surface area (Å²) in [5.74, 6) is 0.703. The highest BCUT2D eigenvalue weighted by molar-refractivity contribution is 6.32. The van der Waals surface area contributed by atoms with Gasteiger partial charge in [-0.15, -0.1) is 5.10 Å².